The van der Waals surface area contributed by atoms with Crippen molar-refractivity contribution in [3.63, 3.8) is 0 Å². The fraction of sp³-hybridized carbons (Fsp3) is 0.600. The summed E-state index contributed by atoms with van der Waals surface area (Å²) in [5.41, 5.74) is 1.64. The third kappa shape index (κ3) is 1.64. The number of aryl methyl sites for hydroxylation is 1. The van der Waals surface area contributed by atoms with Gasteiger partial charge in [0.05, 0.1) is 12.3 Å². The number of nitrogens with zero attached hydrogens (tertiary/aromatic N) is 3. The average Bonchev–Trinajstić information content (AvgIpc) is 2.61. The summed E-state index contributed by atoms with van der Waals surface area (Å²) in [5.74, 6) is 0.411. The lowest BCUT2D eigenvalue weighted by Gasteiger charge is -2.20. The van der Waals surface area contributed by atoms with Crippen molar-refractivity contribution in [3.8, 4) is 0 Å². The maximum Gasteiger partial charge on any atom is 0.227 e. The number of aromatic nitrogens is 2. The van der Waals surface area contributed by atoms with Crippen LogP contribution in [-0.2, 0) is 11.8 Å². The average molecular weight is 191 g/mol. The third-order valence-corrected chi connectivity index (χ3v) is 2.57. The molecule has 1 aromatic rings. The molecule has 0 unspecified atom stereocenters. The van der Waals surface area contributed by atoms with Gasteiger partial charge in [-0.05, 0) is 18.8 Å². The molecular formula is C10H13N3O. The van der Waals surface area contributed by atoms with Crippen LogP contribution in [0.25, 0.3) is 4.85 Å². The predicted molar refractivity (Wildman–Crippen MR) is 52.3 cm³/mol. The van der Waals surface area contributed by atoms with E-state index in [9.17, 15) is 0 Å². The van der Waals surface area contributed by atoms with Gasteiger partial charge in [-0.3, -0.25) is 4.68 Å². The van der Waals surface area contributed by atoms with E-state index in [0.29, 0.717) is 11.6 Å². The van der Waals surface area contributed by atoms with Crippen LogP contribution in [0.2, 0.25) is 0 Å². The summed E-state index contributed by atoms with van der Waals surface area (Å²) in [6, 6.07) is 0. The Morgan fingerprint density at radius 2 is 2.29 bits per heavy atom. The second-order valence-corrected chi connectivity index (χ2v) is 3.57. The van der Waals surface area contributed by atoms with Gasteiger partial charge in [-0.2, -0.15) is 5.10 Å². The lowest BCUT2D eigenvalue weighted by Crippen LogP contribution is -2.14. The van der Waals surface area contributed by atoms with Crippen LogP contribution in [0.15, 0.2) is 6.20 Å². The Hall–Kier alpha value is -1.34. The SMILES string of the molecule is [C-]#[N+]c1cn(C)nc1C1CCOCC1. The lowest BCUT2D eigenvalue weighted by atomic mass is 9.96. The zero-order chi connectivity index (χ0) is 9.97. The summed E-state index contributed by atoms with van der Waals surface area (Å²) in [6.45, 7) is 8.64. The summed E-state index contributed by atoms with van der Waals surface area (Å²) < 4.78 is 7.01. The second kappa shape index (κ2) is 3.81. The van der Waals surface area contributed by atoms with Gasteiger partial charge in [0, 0.05) is 26.5 Å². The molecule has 0 bridgehead atoms. The van der Waals surface area contributed by atoms with E-state index in [1.165, 1.54) is 0 Å². The smallest absolute Gasteiger partial charge is 0.227 e. The van der Waals surface area contributed by atoms with Crippen LogP contribution in [0.1, 0.15) is 24.5 Å². The molecule has 2 heterocycles. The van der Waals surface area contributed by atoms with Crippen molar-refractivity contribution in [2.75, 3.05) is 13.2 Å². The fourth-order valence-electron chi connectivity index (χ4n) is 1.84. The highest BCUT2D eigenvalue weighted by molar-refractivity contribution is 5.49. The van der Waals surface area contributed by atoms with Crippen molar-refractivity contribution in [3.05, 3.63) is 23.3 Å². The molecule has 0 atom stereocenters. The summed E-state index contributed by atoms with van der Waals surface area (Å²) in [6.07, 6.45) is 3.76. The molecular weight excluding hydrogens is 178 g/mol. The Morgan fingerprint density at radius 1 is 1.57 bits per heavy atom. The monoisotopic (exact) mass is 191 g/mol. The fourth-order valence-corrected chi connectivity index (χ4v) is 1.84. The first-order chi connectivity index (χ1) is 6.81. The Labute approximate surface area is 83.3 Å². The molecule has 1 aromatic heterocycles. The molecule has 1 aliphatic heterocycles. The lowest BCUT2D eigenvalue weighted by molar-refractivity contribution is 0.0845. The maximum absolute atomic E-state index is 7.06. The molecule has 1 fully saturated rings. The van der Waals surface area contributed by atoms with Crippen LogP contribution >= 0.6 is 0 Å². The zero-order valence-electron chi connectivity index (χ0n) is 8.23. The van der Waals surface area contributed by atoms with Crippen molar-refractivity contribution >= 4 is 5.69 Å². The van der Waals surface area contributed by atoms with Gasteiger partial charge in [-0.15, -0.1) is 0 Å². The highest BCUT2D eigenvalue weighted by Crippen LogP contribution is 2.32. The molecule has 0 radical (unpaired) electrons. The maximum atomic E-state index is 7.06. The molecule has 4 nitrogen and oxygen atoms in total. The van der Waals surface area contributed by atoms with Crippen molar-refractivity contribution in [1.82, 2.24) is 9.78 Å². The Kier molecular flexibility index (Phi) is 2.51. The second-order valence-electron chi connectivity index (χ2n) is 3.57. The summed E-state index contributed by atoms with van der Waals surface area (Å²) >= 11 is 0. The molecule has 14 heavy (non-hydrogen) atoms. The molecule has 0 aliphatic carbocycles. The molecule has 4 heteroatoms. The minimum Gasteiger partial charge on any atom is -0.381 e. The van der Waals surface area contributed by atoms with Crippen LogP contribution in [0.4, 0.5) is 5.69 Å². The van der Waals surface area contributed by atoms with Gasteiger partial charge < -0.3 is 4.74 Å². The predicted octanol–water partition coefficient (Wildman–Crippen LogP) is 1.86. The molecule has 1 aliphatic rings. The largest absolute Gasteiger partial charge is 0.381 e. The number of hydrogen-bond donors (Lipinski definition) is 0. The van der Waals surface area contributed by atoms with Crippen LogP contribution in [0, 0.1) is 6.57 Å². The van der Waals surface area contributed by atoms with Crippen LogP contribution in [0.5, 0.6) is 0 Å². The molecule has 2 rings (SSSR count). The number of rotatable bonds is 1. The minimum atomic E-state index is 0.411. The van der Waals surface area contributed by atoms with Crippen molar-refractivity contribution in [1.29, 1.82) is 0 Å². The van der Waals surface area contributed by atoms with E-state index in [4.69, 9.17) is 11.3 Å². The molecule has 74 valence electrons. The van der Waals surface area contributed by atoms with Crippen LogP contribution in [0.3, 0.4) is 0 Å². The Balaban J connectivity index is 2.25. The molecule has 1 saturated heterocycles. The van der Waals surface area contributed by atoms with E-state index in [2.05, 4.69) is 9.94 Å². The van der Waals surface area contributed by atoms with E-state index in [1.54, 1.807) is 10.9 Å². The molecule has 0 N–H and O–H groups in total. The summed E-state index contributed by atoms with van der Waals surface area (Å²) in [4.78, 5) is 3.49. The van der Waals surface area contributed by atoms with E-state index in [-0.39, 0.29) is 0 Å². The van der Waals surface area contributed by atoms with E-state index >= 15 is 0 Å². The van der Waals surface area contributed by atoms with Gasteiger partial charge in [-0.25, -0.2) is 4.85 Å². The van der Waals surface area contributed by atoms with Gasteiger partial charge in [0.15, 0.2) is 0 Å². The van der Waals surface area contributed by atoms with Gasteiger partial charge >= 0.3 is 0 Å². The van der Waals surface area contributed by atoms with Crippen molar-refractivity contribution < 1.29 is 4.74 Å². The minimum absolute atomic E-state index is 0.411. The first kappa shape index (κ1) is 9.22. The van der Waals surface area contributed by atoms with E-state index in [1.807, 2.05) is 7.05 Å². The Bertz CT molecular complexity index is 358. The van der Waals surface area contributed by atoms with Gasteiger partial charge in [0.2, 0.25) is 5.69 Å². The number of ether oxygens (including phenoxy) is 1. The molecule has 0 aromatic carbocycles. The molecule has 0 saturated carbocycles. The Morgan fingerprint density at radius 3 is 2.93 bits per heavy atom. The van der Waals surface area contributed by atoms with Gasteiger partial charge in [-0.1, -0.05) is 0 Å². The number of hydrogen-bond acceptors (Lipinski definition) is 2. The summed E-state index contributed by atoms with van der Waals surface area (Å²) in [7, 11) is 1.86. The zero-order valence-corrected chi connectivity index (χ0v) is 8.23. The standard InChI is InChI=1S/C10H13N3O/c1-11-9-7-13(2)12-10(9)8-3-5-14-6-4-8/h7-8H,3-6H2,2H3. The van der Waals surface area contributed by atoms with Crippen LogP contribution < -0.4 is 0 Å². The molecule has 0 spiro atoms. The normalized spacial score (nSPS) is 18.0. The third-order valence-electron chi connectivity index (χ3n) is 2.57. The van der Waals surface area contributed by atoms with Gasteiger partial charge in [0.25, 0.3) is 0 Å². The van der Waals surface area contributed by atoms with Gasteiger partial charge in [0.1, 0.15) is 0 Å². The van der Waals surface area contributed by atoms with Crippen molar-refractivity contribution in [2.24, 2.45) is 7.05 Å². The highest BCUT2D eigenvalue weighted by atomic mass is 16.5. The van der Waals surface area contributed by atoms with Crippen molar-refractivity contribution in [2.45, 2.75) is 18.8 Å². The topological polar surface area (TPSA) is 31.4 Å². The van der Waals surface area contributed by atoms with E-state index < -0.39 is 0 Å². The first-order valence-corrected chi connectivity index (χ1v) is 4.80. The van der Waals surface area contributed by atoms with E-state index in [0.717, 1.165) is 31.7 Å². The highest BCUT2D eigenvalue weighted by Gasteiger charge is 2.21. The first-order valence-electron chi connectivity index (χ1n) is 4.80. The van der Waals surface area contributed by atoms with Crippen LogP contribution in [-0.4, -0.2) is 23.0 Å². The molecule has 0 amide bonds. The summed E-state index contributed by atoms with van der Waals surface area (Å²) in [5, 5.41) is 4.35. The quantitative estimate of drug-likeness (QED) is 0.634.